The lowest BCUT2D eigenvalue weighted by molar-refractivity contribution is -0.118. The van der Waals surface area contributed by atoms with Crippen LogP contribution in [-0.4, -0.2) is 53.2 Å². The van der Waals surface area contributed by atoms with Crippen molar-refractivity contribution >= 4 is 39.4 Å². The van der Waals surface area contributed by atoms with Crippen LogP contribution in [0.25, 0.3) is 0 Å². The topological polar surface area (TPSA) is 74.8 Å². The number of fused-ring (bicyclic) bond motifs is 3. The van der Waals surface area contributed by atoms with Gasteiger partial charge < -0.3 is 19.9 Å². The van der Waals surface area contributed by atoms with Crippen molar-refractivity contribution < 1.29 is 14.3 Å². The summed E-state index contributed by atoms with van der Waals surface area (Å²) in [7, 11) is 0. The van der Waals surface area contributed by atoms with Crippen LogP contribution in [0.15, 0.2) is 16.7 Å². The monoisotopic (exact) mass is 382 g/mol. The molecular weight excluding hydrogens is 364 g/mol. The zero-order valence-electron chi connectivity index (χ0n) is 13.3. The highest BCUT2D eigenvalue weighted by molar-refractivity contribution is 9.10. The third-order valence-electron chi connectivity index (χ3n) is 3.70. The van der Waals surface area contributed by atoms with Crippen molar-refractivity contribution in [2.24, 2.45) is 0 Å². The molecule has 1 fully saturated rings. The second kappa shape index (κ2) is 5.67. The van der Waals surface area contributed by atoms with Crippen LogP contribution in [0.5, 0.6) is 0 Å². The normalized spacial score (nSPS) is 20.5. The number of halogens is 1. The van der Waals surface area contributed by atoms with Gasteiger partial charge in [0.05, 0.1) is 12.2 Å². The SMILES string of the molecule is CC(C)(C)OC(=O)N1CCN2c3ncc(Br)cc3NC(=O)C2C1. The van der Waals surface area contributed by atoms with Gasteiger partial charge in [0.2, 0.25) is 5.91 Å². The van der Waals surface area contributed by atoms with E-state index >= 15 is 0 Å². The van der Waals surface area contributed by atoms with Gasteiger partial charge in [-0.3, -0.25) is 4.79 Å². The number of hydrogen-bond acceptors (Lipinski definition) is 5. The fraction of sp³-hybridized carbons (Fsp3) is 0.533. The molecule has 2 aliphatic rings. The van der Waals surface area contributed by atoms with E-state index in [-0.39, 0.29) is 18.5 Å². The van der Waals surface area contributed by atoms with E-state index in [1.807, 2.05) is 31.7 Å². The first-order chi connectivity index (χ1) is 10.7. The number of hydrogen-bond donors (Lipinski definition) is 1. The number of piperazine rings is 1. The Morgan fingerprint density at radius 1 is 1.43 bits per heavy atom. The predicted molar refractivity (Wildman–Crippen MR) is 89.5 cm³/mol. The molecule has 1 atom stereocenters. The maximum atomic E-state index is 12.4. The number of carbonyl (C=O) groups excluding carboxylic acids is 2. The van der Waals surface area contributed by atoms with Crippen LogP contribution in [0.1, 0.15) is 20.8 Å². The zero-order chi connectivity index (χ0) is 16.8. The summed E-state index contributed by atoms with van der Waals surface area (Å²) in [6.45, 7) is 6.80. The molecule has 0 spiro atoms. The highest BCUT2D eigenvalue weighted by atomic mass is 79.9. The fourth-order valence-electron chi connectivity index (χ4n) is 2.72. The van der Waals surface area contributed by atoms with E-state index in [0.717, 1.165) is 10.3 Å². The first-order valence-corrected chi connectivity index (χ1v) is 8.25. The van der Waals surface area contributed by atoms with Gasteiger partial charge in [-0.15, -0.1) is 0 Å². The molecule has 1 aromatic rings. The Labute approximate surface area is 143 Å². The average molecular weight is 383 g/mol. The average Bonchev–Trinajstić information content (AvgIpc) is 2.45. The van der Waals surface area contributed by atoms with Gasteiger partial charge in [-0.2, -0.15) is 0 Å². The molecule has 23 heavy (non-hydrogen) atoms. The molecule has 3 rings (SSSR count). The Morgan fingerprint density at radius 3 is 2.87 bits per heavy atom. The molecule has 0 saturated carbocycles. The minimum absolute atomic E-state index is 0.134. The van der Waals surface area contributed by atoms with Crippen LogP contribution < -0.4 is 10.2 Å². The largest absolute Gasteiger partial charge is 0.444 e. The summed E-state index contributed by atoms with van der Waals surface area (Å²) in [4.78, 5) is 32.5. The molecule has 2 amide bonds. The first-order valence-electron chi connectivity index (χ1n) is 7.45. The van der Waals surface area contributed by atoms with Crippen molar-refractivity contribution in [3.63, 3.8) is 0 Å². The summed E-state index contributed by atoms with van der Waals surface area (Å²) < 4.78 is 6.20. The number of anilines is 2. The highest BCUT2D eigenvalue weighted by Gasteiger charge is 2.40. The lowest BCUT2D eigenvalue weighted by Crippen LogP contribution is -2.61. The Morgan fingerprint density at radius 2 is 2.17 bits per heavy atom. The van der Waals surface area contributed by atoms with Crippen LogP contribution in [0.3, 0.4) is 0 Å². The second-order valence-electron chi connectivity index (χ2n) is 6.65. The van der Waals surface area contributed by atoms with Crippen LogP contribution in [0.4, 0.5) is 16.3 Å². The smallest absolute Gasteiger partial charge is 0.410 e. The second-order valence-corrected chi connectivity index (χ2v) is 7.57. The summed E-state index contributed by atoms with van der Waals surface area (Å²) in [6, 6.07) is 1.38. The molecule has 0 aliphatic carbocycles. The van der Waals surface area contributed by atoms with Crippen molar-refractivity contribution in [2.75, 3.05) is 29.9 Å². The van der Waals surface area contributed by atoms with Crippen LogP contribution in [0.2, 0.25) is 0 Å². The van der Waals surface area contributed by atoms with Gasteiger partial charge in [0.25, 0.3) is 0 Å². The summed E-state index contributed by atoms with van der Waals surface area (Å²) in [5.41, 5.74) is 0.134. The van der Waals surface area contributed by atoms with Crippen molar-refractivity contribution in [1.29, 1.82) is 0 Å². The Balaban J connectivity index is 1.79. The maximum Gasteiger partial charge on any atom is 0.410 e. The third-order valence-corrected chi connectivity index (χ3v) is 4.13. The number of nitrogens with one attached hydrogen (secondary N) is 1. The molecule has 0 aromatic carbocycles. The van der Waals surface area contributed by atoms with Crippen LogP contribution in [-0.2, 0) is 9.53 Å². The van der Waals surface area contributed by atoms with Gasteiger partial charge in [-0.25, -0.2) is 9.78 Å². The van der Waals surface area contributed by atoms with Gasteiger partial charge in [-0.05, 0) is 42.8 Å². The first kappa shape index (κ1) is 16.0. The lowest BCUT2D eigenvalue weighted by atomic mass is 10.1. The fourth-order valence-corrected chi connectivity index (χ4v) is 3.05. The molecule has 3 heterocycles. The molecular formula is C15H19BrN4O3. The molecule has 1 N–H and O–H groups in total. The van der Waals surface area contributed by atoms with Crippen molar-refractivity contribution in [2.45, 2.75) is 32.4 Å². The number of amides is 2. The summed E-state index contributed by atoms with van der Waals surface area (Å²) >= 11 is 3.35. The highest BCUT2D eigenvalue weighted by Crippen LogP contribution is 2.33. The van der Waals surface area contributed by atoms with E-state index in [2.05, 4.69) is 26.2 Å². The molecule has 1 aromatic heterocycles. The molecule has 1 saturated heterocycles. The summed E-state index contributed by atoms with van der Waals surface area (Å²) in [5, 5.41) is 2.86. The number of ether oxygens (including phenoxy) is 1. The van der Waals surface area contributed by atoms with E-state index in [9.17, 15) is 9.59 Å². The van der Waals surface area contributed by atoms with Gasteiger partial charge in [0, 0.05) is 23.8 Å². The number of rotatable bonds is 0. The van der Waals surface area contributed by atoms with E-state index in [1.54, 1.807) is 11.1 Å². The number of carbonyl (C=O) groups is 2. The van der Waals surface area contributed by atoms with Crippen LogP contribution in [0, 0.1) is 0 Å². The minimum atomic E-state index is -0.552. The molecule has 124 valence electrons. The van der Waals surface area contributed by atoms with Crippen molar-refractivity contribution in [1.82, 2.24) is 9.88 Å². The number of nitrogens with zero attached hydrogens (tertiary/aromatic N) is 3. The standard InChI is InChI=1S/C15H19BrN4O3/c1-15(2,3)23-14(22)19-4-5-20-11(8-19)13(21)18-10-6-9(16)7-17-12(10)20/h6-7,11H,4-5,8H2,1-3H3,(H,18,21). The lowest BCUT2D eigenvalue weighted by Gasteiger charge is -2.44. The van der Waals surface area contributed by atoms with Gasteiger partial charge in [0.1, 0.15) is 11.6 Å². The third kappa shape index (κ3) is 3.26. The van der Waals surface area contributed by atoms with Gasteiger partial charge in [0.15, 0.2) is 5.82 Å². The Kier molecular flexibility index (Phi) is 3.95. The number of pyridine rings is 1. The molecule has 7 nitrogen and oxygen atoms in total. The summed E-state index contributed by atoms with van der Waals surface area (Å²) in [5.74, 6) is 0.604. The molecule has 0 bridgehead atoms. The minimum Gasteiger partial charge on any atom is -0.444 e. The van der Waals surface area contributed by atoms with Gasteiger partial charge >= 0.3 is 6.09 Å². The molecule has 8 heteroatoms. The van der Waals surface area contributed by atoms with Crippen LogP contribution >= 0.6 is 15.9 Å². The van der Waals surface area contributed by atoms with Crippen molar-refractivity contribution in [3.8, 4) is 0 Å². The molecule has 0 radical (unpaired) electrons. The maximum absolute atomic E-state index is 12.4. The molecule has 2 aliphatic heterocycles. The van der Waals surface area contributed by atoms with E-state index in [1.165, 1.54) is 0 Å². The van der Waals surface area contributed by atoms with E-state index < -0.39 is 11.6 Å². The predicted octanol–water partition coefficient (Wildman–Crippen LogP) is 2.22. The van der Waals surface area contributed by atoms with E-state index in [4.69, 9.17) is 4.74 Å². The number of aromatic nitrogens is 1. The van der Waals surface area contributed by atoms with Gasteiger partial charge in [-0.1, -0.05) is 0 Å². The molecule has 1 unspecified atom stereocenters. The zero-order valence-corrected chi connectivity index (χ0v) is 14.9. The summed E-state index contributed by atoms with van der Waals surface area (Å²) in [6.07, 6.45) is 1.31. The van der Waals surface area contributed by atoms with E-state index in [0.29, 0.717) is 18.8 Å². The Hall–Kier alpha value is -1.83. The quantitative estimate of drug-likeness (QED) is 0.744. The Bertz CT molecular complexity index is 659. The van der Waals surface area contributed by atoms with Crippen molar-refractivity contribution in [3.05, 3.63) is 16.7 Å².